The van der Waals surface area contributed by atoms with E-state index in [1.54, 1.807) is 11.8 Å². The maximum absolute atomic E-state index is 12.2. The van der Waals surface area contributed by atoms with Crippen molar-refractivity contribution in [3.05, 3.63) is 64.7 Å². The quantitative estimate of drug-likeness (QED) is 0.708. The average Bonchev–Trinajstić information content (AvgIpc) is 2.54. The molecule has 2 aromatic rings. The molecular formula is C19H22ClNOS. The minimum Gasteiger partial charge on any atom is -0.349 e. The van der Waals surface area contributed by atoms with E-state index < -0.39 is 0 Å². The molecule has 4 heteroatoms. The summed E-state index contributed by atoms with van der Waals surface area (Å²) in [5.74, 6) is 1.28. The lowest BCUT2D eigenvalue weighted by atomic mass is 10.1. The average molecular weight is 348 g/mol. The van der Waals surface area contributed by atoms with Crippen molar-refractivity contribution < 1.29 is 4.79 Å². The van der Waals surface area contributed by atoms with Crippen molar-refractivity contribution >= 4 is 29.3 Å². The van der Waals surface area contributed by atoms with E-state index in [1.165, 1.54) is 10.5 Å². The molecule has 0 saturated heterocycles. The summed E-state index contributed by atoms with van der Waals surface area (Å²) in [6.07, 6.45) is 0. The summed E-state index contributed by atoms with van der Waals surface area (Å²) in [7, 11) is 0. The molecule has 0 heterocycles. The van der Waals surface area contributed by atoms with Crippen molar-refractivity contribution in [1.82, 2.24) is 5.32 Å². The van der Waals surface area contributed by atoms with Crippen molar-refractivity contribution in [2.75, 3.05) is 0 Å². The lowest BCUT2D eigenvalue weighted by Crippen LogP contribution is -2.36. The lowest BCUT2D eigenvalue weighted by molar-refractivity contribution is 0.0930. The Morgan fingerprint density at radius 2 is 1.65 bits per heavy atom. The SMILES string of the molecule is CC(C)[C@@H](C)NC(=O)c1ccc(CSc2ccc(Cl)cc2)cc1. The topological polar surface area (TPSA) is 29.1 Å². The molecule has 0 aliphatic rings. The van der Waals surface area contributed by atoms with Gasteiger partial charge >= 0.3 is 0 Å². The fourth-order valence-electron chi connectivity index (χ4n) is 1.91. The first-order chi connectivity index (χ1) is 11.0. The molecule has 1 amide bonds. The number of benzene rings is 2. The lowest BCUT2D eigenvalue weighted by Gasteiger charge is -2.17. The molecule has 0 radical (unpaired) electrons. The van der Waals surface area contributed by atoms with Crippen LogP contribution in [0.1, 0.15) is 36.7 Å². The fraction of sp³-hybridized carbons (Fsp3) is 0.316. The van der Waals surface area contributed by atoms with Gasteiger partial charge in [-0.3, -0.25) is 4.79 Å². The molecule has 2 aromatic carbocycles. The second-order valence-corrected chi connectivity index (χ2v) is 7.43. The molecular weight excluding hydrogens is 326 g/mol. The van der Waals surface area contributed by atoms with Crippen molar-refractivity contribution in [3.8, 4) is 0 Å². The highest BCUT2D eigenvalue weighted by molar-refractivity contribution is 7.98. The summed E-state index contributed by atoms with van der Waals surface area (Å²) < 4.78 is 0. The third kappa shape index (κ3) is 5.60. The van der Waals surface area contributed by atoms with Crippen LogP contribution in [-0.2, 0) is 5.75 Å². The predicted molar refractivity (Wildman–Crippen MR) is 99.2 cm³/mol. The number of halogens is 1. The highest BCUT2D eigenvalue weighted by Gasteiger charge is 2.12. The van der Waals surface area contributed by atoms with Crippen LogP contribution in [0.4, 0.5) is 0 Å². The number of hydrogen-bond donors (Lipinski definition) is 1. The van der Waals surface area contributed by atoms with Crippen molar-refractivity contribution in [3.63, 3.8) is 0 Å². The minimum atomic E-state index is -0.0110. The molecule has 1 N–H and O–H groups in total. The van der Waals surface area contributed by atoms with Crippen LogP contribution in [0.3, 0.4) is 0 Å². The van der Waals surface area contributed by atoms with E-state index in [2.05, 4.69) is 19.2 Å². The smallest absolute Gasteiger partial charge is 0.251 e. The molecule has 0 aliphatic carbocycles. The number of hydrogen-bond acceptors (Lipinski definition) is 2. The largest absolute Gasteiger partial charge is 0.349 e. The monoisotopic (exact) mass is 347 g/mol. The molecule has 0 bridgehead atoms. The highest BCUT2D eigenvalue weighted by atomic mass is 35.5. The first kappa shape index (κ1) is 17.9. The van der Waals surface area contributed by atoms with Crippen LogP contribution in [0.15, 0.2) is 53.4 Å². The Labute approximate surface area is 147 Å². The van der Waals surface area contributed by atoms with Crippen LogP contribution in [-0.4, -0.2) is 11.9 Å². The molecule has 2 nitrogen and oxygen atoms in total. The Bertz CT molecular complexity index is 637. The number of carbonyl (C=O) groups is 1. The van der Waals surface area contributed by atoms with Gasteiger partial charge in [-0.05, 0) is 54.8 Å². The highest BCUT2D eigenvalue weighted by Crippen LogP contribution is 2.24. The number of thioether (sulfide) groups is 1. The molecule has 0 aliphatic heterocycles. The molecule has 0 aromatic heterocycles. The van der Waals surface area contributed by atoms with Crippen LogP contribution in [0, 0.1) is 5.92 Å². The van der Waals surface area contributed by atoms with E-state index in [4.69, 9.17) is 11.6 Å². The maximum Gasteiger partial charge on any atom is 0.251 e. The van der Waals surface area contributed by atoms with Gasteiger partial charge in [0, 0.05) is 27.3 Å². The first-order valence-corrected chi connectivity index (χ1v) is 9.10. The first-order valence-electron chi connectivity index (χ1n) is 7.74. The van der Waals surface area contributed by atoms with Gasteiger partial charge in [0.05, 0.1) is 0 Å². The molecule has 23 heavy (non-hydrogen) atoms. The third-order valence-electron chi connectivity index (χ3n) is 3.79. The zero-order chi connectivity index (χ0) is 16.8. The molecule has 0 fully saturated rings. The van der Waals surface area contributed by atoms with Crippen molar-refractivity contribution in [2.24, 2.45) is 5.92 Å². The minimum absolute atomic E-state index is 0.0110. The van der Waals surface area contributed by atoms with E-state index in [0.29, 0.717) is 11.5 Å². The van der Waals surface area contributed by atoms with Crippen LogP contribution in [0.25, 0.3) is 0 Å². The summed E-state index contributed by atoms with van der Waals surface area (Å²) in [6, 6.07) is 15.8. The van der Waals surface area contributed by atoms with Gasteiger partial charge in [0.1, 0.15) is 0 Å². The Hall–Kier alpha value is -1.45. The van der Waals surface area contributed by atoms with Gasteiger partial charge in [-0.1, -0.05) is 37.6 Å². The van der Waals surface area contributed by atoms with Crippen LogP contribution in [0.2, 0.25) is 5.02 Å². The Balaban J connectivity index is 1.91. The van der Waals surface area contributed by atoms with Gasteiger partial charge in [0.25, 0.3) is 5.91 Å². The van der Waals surface area contributed by atoms with Crippen LogP contribution < -0.4 is 5.32 Å². The molecule has 0 unspecified atom stereocenters. The summed E-state index contributed by atoms with van der Waals surface area (Å²) in [6.45, 7) is 6.23. The van der Waals surface area contributed by atoms with Crippen molar-refractivity contribution in [1.29, 1.82) is 0 Å². The Morgan fingerprint density at radius 1 is 1.04 bits per heavy atom. The van der Waals surface area contributed by atoms with Gasteiger partial charge in [-0.2, -0.15) is 0 Å². The van der Waals surface area contributed by atoms with Crippen molar-refractivity contribution in [2.45, 2.75) is 37.5 Å². The maximum atomic E-state index is 12.2. The van der Waals surface area contributed by atoms with E-state index in [0.717, 1.165) is 10.8 Å². The number of rotatable bonds is 6. The Kier molecular flexibility index (Phi) is 6.55. The number of amides is 1. The summed E-state index contributed by atoms with van der Waals surface area (Å²) in [5.41, 5.74) is 1.90. The van der Waals surface area contributed by atoms with E-state index >= 15 is 0 Å². The van der Waals surface area contributed by atoms with Crippen LogP contribution >= 0.6 is 23.4 Å². The fourth-order valence-corrected chi connectivity index (χ4v) is 2.89. The molecule has 1 atom stereocenters. The van der Waals surface area contributed by atoms with E-state index in [1.807, 2.05) is 55.5 Å². The number of carbonyl (C=O) groups excluding carboxylic acids is 1. The molecule has 122 valence electrons. The zero-order valence-electron chi connectivity index (χ0n) is 13.7. The van der Waals surface area contributed by atoms with Gasteiger partial charge in [-0.15, -0.1) is 11.8 Å². The number of nitrogens with one attached hydrogen (secondary N) is 1. The standard InChI is InChI=1S/C19H22ClNOS/c1-13(2)14(3)21-19(22)16-6-4-15(5-7-16)12-23-18-10-8-17(20)9-11-18/h4-11,13-14H,12H2,1-3H3,(H,21,22)/t14-/m1/s1. The van der Waals surface area contributed by atoms with Crippen LogP contribution in [0.5, 0.6) is 0 Å². The van der Waals surface area contributed by atoms with Gasteiger partial charge in [0.2, 0.25) is 0 Å². The molecule has 0 saturated carbocycles. The Morgan fingerprint density at radius 3 is 2.22 bits per heavy atom. The third-order valence-corrected chi connectivity index (χ3v) is 5.13. The molecule has 2 rings (SSSR count). The van der Waals surface area contributed by atoms with Gasteiger partial charge in [-0.25, -0.2) is 0 Å². The molecule has 0 spiro atoms. The van der Waals surface area contributed by atoms with Gasteiger partial charge < -0.3 is 5.32 Å². The normalized spacial score (nSPS) is 12.2. The summed E-state index contributed by atoms with van der Waals surface area (Å²) in [5, 5.41) is 3.77. The predicted octanol–water partition coefficient (Wildman–Crippen LogP) is 5.41. The summed E-state index contributed by atoms with van der Waals surface area (Å²) >= 11 is 7.64. The van der Waals surface area contributed by atoms with Gasteiger partial charge in [0.15, 0.2) is 0 Å². The second-order valence-electron chi connectivity index (χ2n) is 5.95. The van der Waals surface area contributed by atoms with E-state index in [-0.39, 0.29) is 11.9 Å². The second kappa shape index (κ2) is 8.42. The zero-order valence-corrected chi connectivity index (χ0v) is 15.2. The van der Waals surface area contributed by atoms with E-state index in [9.17, 15) is 4.79 Å². The summed E-state index contributed by atoms with van der Waals surface area (Å²) in [4.78, 5) is 13.3.